The minimum absolute atomic E-state index is 0.0000174. The molecule has 24 heavy (non-hydrogen) atoms. The summed E-state index contributed by atoms with van der Waals surface area (Å²) in [7, 11) is 0. The molecule has 2 aromatic rings. The lowest BCUT2D eigenvalue weighted by Gasteiger charge is -2.08. The Bertz CT molecular complexity index is 810. The van der Waals surface area contributed by atoms with Gasteiger partial charge in [-0.2, -0.15) is 18.3 Å². The van der Waals surface area contributed by atoms with E-state index in [9.17, 15) is 28.4 Å². The van der Waals surface area contributed by atoms with Gasteiger partial charge in [0.15, 0.2) is 0 Å². The van der Waals surface area contributed by atoms with Gasteiger partial charge >= 0.3 is 11.9 Å². The number of phenolic OH excluding ortho intramolecular Hbond substituents is 1. The highest BCUT2D eigenvalue weighted by atomic mass is 35.5. The smallest absolute Gasteiger partial charge is 0.416 e. The number of phenols is 1. The lowest BCUT2D eigenvalue weighted by Crippen LogP contribution is -2.05. The summed E-state index contributed by atoms with van der Waals surface area (Å²) in [5, 5.41) is 24.2. The number of nitrogens with one attached hydrogen (secondary N) is 1. The predicted octanol–water partition coefficient (Wildman–Crippen LogP) is 4.42. The van der Waals surface area contributed by atoms with Crippen LogP contribution in [0.4, 0.5) is 24.5 Å². The van der Waals surface area contributed by atoms with E-state index in [-0.39, 0.29) is 16.3 Å². The number of benzene rings is 2. The van der Waals surface area contributed by atoms with Gasteiger partial charge < -0.3 is 5.11 Å². The van der Waals surface area contributed by atoms with Crippen molar-refractivity contribution in [1.29, 1.82) is 0 Å². The van der Waals surface area contributed by atoms with E-state index in [1.165, 1.54) is 18.2 Å². The third-order valence-electron chi connectivity index (χ3n) is 2.87. The molecule has 0 heterocycles. The topological polar surface area (TPSA) is 87.8 Å². The third kappa shape index (κ3) is 4.13. The first-order valence-corrected chi connectivity index (χ1v) is 6.69. The Hall–Kier alpha value is -2.81. The Labute approximate surface area is 138 Å². The van der Waals surface area contributed by atoms with Crippen LogP contribution >= 0.6 is 11.6 Å². The van der Waals surface area contributed by atoms with Crippen LogP contribution < -0.4 is 5.43 Å². The Morgan fingerprint density at radius 2 is 2.00 bits per heavy atom. The highest BCUT2D eigenvalue weighted by Crippen LogP contribution is 2.32. The van der Waals surface area contributed by atoms with Gasteiger partial charge in [0, 0.05) is 16.7 Å². The summed E-state index contributed by atoms with van der Waals surface area (Å²) in [6.07, 6.45) is -3.48. The van der Waals surface area contributed by atoms with Gasteiger partial charge in [0.05, 0.1) is 22.4 Å². The number of nitro benzene ring substituents is 1. The van der Waals surface area contributed by atoms with Gasteiger partial charge in [0.2, 0.25) is 5.75 Å². The third-order valence-corrected chi connectivity index (χ3v) is 3.09. The minimum Gasteiger partial charge on any atom is -0.502 e. The van der Waals surface area contributed by atoms with Gasteiger partial charge in [-0.15, -0.1) is 0 Å². The molecule has 0 saturated carbocycles. The average Bonchev–Trinajstić information content (AvgIpc) is 2.49. The molecule has 0 aliphatic carbocycles. The Morgan fingerprint density at radius 3 is 2.62 bits per heavy atom. The predicted molar refractivity (Wildman–Crippen MR) is 82.4 cm³/mol. The molecule has 0 fully saturated rings. The zero-order valence-electron chi connectivity index (χ0n) is 11.7. The molecule has 0 aliphatic rings. The standard InChI is InChI=1S/C14H9ClF3N3O3/c15-10-4-8(13(22)12(6-10)21(23)24)7-19-20-11-3-1-2-9(5-11)14(16,17)18/h1-7,20,22H/b19-7-. The summed E-state index contributed by atoms with van der Waals surface area (Å²) in [5.41, 5.74) is 0.872. The van der Waals surface area contributed by atoms with E-state index >= 15 is 0 Å². The van der Waals surface area contributed by atoms with E-state index in [0.29, 0.717) is 0 Å². The van der Waals surface area contributed by atoms with Crippen molar-refractivity contribution >= 4 is 29.2 Å². The maximum absolute atomic E-state index is 12.6. The van der Waals surface area contributed by atoms with Crippen LogP contribution in [0.3, 0.4) is 0 Å². The van der Waals surface area contributed by atoms with Gasteiger partial charge in [-0.1, -0.05) is 17.7 Å². The summed E-state index contributed by atoms with van der Waals surface area (Å²) in [6.45, 7) is 0. The van der Waals surface area contributed by atoms with Crippen LogP contribution in [0.1, 0.15) is 11.1 Å². The summed E-state index contributed by atoms with van der Waals surface area (Å²) in [5.74, 6) is -0.654. The molecule has 0 radical (unpaired) electrons. The van der Waals surface area contributed by atoms with Gasteiger partial charge in [0.25, 0.3) is 0 Å². The Balaban J connectivity index is 2.23. The number of anilines is 1. The number of rotatable bonds is 4. The van der Waals surface area contributed by atoms with Crippen molar-refractivity contribution in [3.8, 4) is 5.75 Å². The first-order chi connectivity index (χ1) is 11.2. The van der Waals surface area contributed by atoms with Crippen molar-refractivity contribution in [2.75, 3.05) is 5.43 Å². The molecule has 126 valence electrons. The number of aromatic hydroxyl groups is 1. The van der Waals surface area contributed by atoms with Crippen molar-refractivity contribution < 1.29 is 23.2 Å². The normalized spacial score (nSPS) is 11.7. The highest BCUT2D eigenvalue weighted by Gasteiger charge is 2.30. The van der Waals surface area contributed by atoms with Crippen molar-refractivity contribution in [1.82, 2.24) is 0 Å². The van der Waals surface area contributed by atoms with Crippen molar-refractivity contribution in [2.45, 2.75) is 6.18 Å². The SMILES string of the molecule is O=[N+]([O-])c1cc(Cl)cc(/C=N\Nc2cccc(C(F)(F)F)c2)c1O. The van der Waals surface area contributed by atoms with Crippen LogP contribution in [-0.4, -0.2) is 16.2 Å². The van der Waals surface area contributed by atoms with Gasteiger partial charge in [-0.05, 0) is 24.3 Å². The van der Waals surface area contributed by atoms with Crippen LogP contribution in [0.5, 0.6) is 5.75 Å². The Morgan fingerprint density at radius 1 is 1.29 bits per heavy atom. The molecule has 10 heteroatoms. The van der Waals surface area contributed by atoms with Crippen LogP contribution in [0, 0.1) is 10.1 Å². The largest absolute Gasteiger partial charge is 0.502 e. The number of alkyl halides is 3. The van der Waals surface area contributed by atoms with E-state index in [1.54, 1.807) is 0 Å². The van der Waals surface area contributed by atoms with E-state index in [2.05, 4.69) is 10.5 Å². The number of hydrogen-bond acceptors (Lipinski definition) is 5. The molecule has 0 spiro atoms. The van der Waals surface area contributed by atoms with Crippen LogP contribution in [0.25, 0.3) is 0 Å². The molecule has 6 nitrogen and oxygen atoms in total. The second kappa shape index (κ2) is 6.75. The zero-order chi connectivity index (χ0) is 17.9. The number of hydrazone groups is 1. The molecule has 2 N–H and O–H groups in total. The van der Waals surface area contributed by atoms with Gasteiger partial charge in [0.1, 0.15) is 0 Å². The van der Waals surface area contributed by atoms with Gasteiger partial charge in [-0.25, -0.2) is 0 Å². The monoisotopic (exact) mass is 359 g/mol. The van der Waals surface area contributed by atoms with Crippen LogP contribution in [0.15, 0.2) is 41.5 Å². The van der Waals surface area contributed by atoms with Crippen molar-refractivity contribution in [3.63, 3.8) is 0 Å². The molecule has 0 aromatic heterocycles. The van der Waals surface area contributed by atoms with E-state index in [4.69, 9.17) is 11.6 Å². The molecule has 0 bridgehead atoms. The second-order valence-electron chi connectivity index (χ2n) is 4.57. The fourth-order valence-electron chi connectivity index (χ4n) is 1.78. The summed E-state index contributed by atoms with van der Waals surface area (Å²) in [6, 6.07) is 6.49. The van der Waals surface area contributed by atoms with Crippen molar-refractivity contribution in [3.05, 3.63) is 62.7 Å². The fraction of sp³-hybridized carbons (Fsp3) is 0.0714. The average molecular weight is 360 g/mol. The quantitative estimate of drug-likeness (QED) is 0.480. The summed E-state index contributed by atoms with van der Waals surface area (Å²) >= 11 is 5.71. The molecular weight excluding hydrogens is 351 g/mol. The van der Waals surface area contributed by atoms with Crippen molar-refractivity contribution in [2.24, 2.45) is 5.10 Å². The first kappa shape index (κ1) is 17.5. The number of nitro groups is 1. The molecule has 0 aliphatic heterocycles. The number of hydrogen-bond donors (Lipinski definition) is 2. The molecule has 0 unspecified atom stereocenters. The summed E-state index contributed by atoms with van der Waals surface area (Å²) < 4.78 is 37.8. The lowest BCUT2D eigenvalue weighted by molar-refractivity contribution is -0.385. The number of nitrogens with zero attached hydrogens (tertiary/aromatic N) is 2. The zero-order valence-corrected chi connectivity index (χ0v) is 12.5. The number of halogens is 4. The fourth-order valence-corrected chi connectivity index (χ4v) is 2.01. The molecule has 0 atom stereocenters. The first-order valence-electron chi connectivity index (χ1n) is 6.31. The molecule has 0 saturated heterocycles. The molecular formula is C14H9ClF3N3O3. The van der Waals surface area contributed by atoms with E-state index in [0.717, 1.165) is 24.4 Å². The van der Waals surface area contributed by atoms with Crippen LogP contribution in [0.2, 0.25) is 5.02 Å². The maximum atomic E-state index is 12.6. The van der Waals surface area contributed by atoms with Gasteiger partial charge in [-0.3, -0.25) is 15.5 Å². The summed E-state index contributed by atoms with van der Waals surface area (Å²) in [4.78, 5) is 9.95. The lowest BCUT2D eigenvalue weighted by atomic mass is 10.2. The molecule has 0 amide bonds. The van der Waals surface area contributed by atoms with E-state index in [1.807, 2.05) is 0 Å². The molecule has 2 aromatic carbocycles. The van der Waals surface area contributed by atoms with Crippen LogP contribution in [-0.2, 0) is 6.18 Å². The molecule has 2 rings (SSSR count). The second-order valence-corrected chi connectivity index (χ2v) is 5.00. The van der Waals surface area contributed by atoms with E-state index < -0.39 is 28.1 Å². The minimum atomic E-state index is -4.49. The highest BCUT2D eigenvalue weighted by molar-refractivity contribution is 6.31. The Kier molecular flexibility index (Phi) is 4.93. The maximum Gasteiger partial charge on any atom is 0.416 e.